The van der Waals surface area contributed by atoms with Crippen LogP contribution in [-0.2, 0) is 11.3 Å². The van der Waals surface area contributed by atoms with Crippen LogP contribution in [0.2, 0.25) is 0 Å². The zero-order valence-corrected chi connectivity index (χ0v) is 9.86. The predicted molar refractivity (Wildman–Crippen MR) is 60.8 cm³/mol. The quantitative estimate of drug-likeness (QED) is 0.744. The first-order chi connectivity index (χ1) is 7.33. The van der Waals surface area contributed by atoms with Gasteiger partial charge in [-0.2, -0.15) is 5.10 Å². The van der Waals surface area contributed by atoms with E-state index in [0.29, 0.717) is 6.04 Å². The van der Waals surface area contributed by atoms with E-state index in [-0.39, 0.29) is 0 Å². The lowest BCUT2D eigenvalue weighted by Crippen LogP contribution is -2.24. The second kappa shape index (κ2) is 6.58. The highest BCUT2D eigenvalue weighted by Crippen LogP contribution is 2.16. The maximum atomic E-state index is 5.12. The molecule has 0 bridgehead atoms. The van der Waals surface area contributed by atoms with Crippen molar-refractivity contribution in [1.29, 1.82) is 0 Å². The third kappa shape index (κ3) is 3.32. The third-order valence-corrected chi connectivity index (χ3v) is 2.47. The largest absolute Gasteiger partial charge is 0.385 e. The molecule has 1 aromatic heterocycles. The maximum Gasteiger partial charge on any atom is 0.0554 e. The van der Waals surface area contributed by atoms with Crippen LogP contribution in [0.3, 0.4) is 0 Å². The van der Waals surface area contributed by atoms with E-state index in [1.807, 2.05) is 10.9 Å². The monoisotopic (exact) mass is 211 g/mol. The van der Waals surface area contributed by atoms with E-state index >= 15 is 0 Å². The summed E-state index contributed by atoms with van der Waals surface area (Å²) in [6.45, 7) is 6.87. The number of ether oxygens (including phenoxy) is 1. The van der Waals surface area contributed by atoms with Crippen molar-refractivity contribution in [1.82, 2.24) is 15.1 Å². The van der Waals surface area contributed by atoms with Gasteiger partial charge in [0, 0.05) is 26.5 Å². The highest BCUT2D eigenvalue weighted by atomic mass is 16.5. The van der Waals surface area contributed by atoms with Crippen molar-refractivity contribution < 1.29 is 4.74 Å². The SMILES string of the molecule is CCNC(CCOC)c1ccnn1CC. The fourth-order valence-electron chi connectivity index (χ4n) is 1.74. The Kier molecular flexibility index (Phi) is 5.36. The number of rotatable bonds is 7. The summed E-state index contributed by atoms with van der Waals surface area (Å²) in [4.78, 5) is 0. The lowest BCUT2D eigenvalue weighted by molar-refractivity contribution is 0.181. The Morgan fingerprint density at radius 3 is 2.93 bits per heavy atom. The van der Waals surface area contributed by atoms with Gasteiger partial charge in [0.25, 0.3) is 0 Å². The van der Waals surface area contributed by atoms with Crippen LogP contribution in [-0.4, -0.2) is 30.0 Å². The van der Waals surface area contributed by atoms with Gasteiger partial charge in [0.05, 0.1) is 11.7 Å². The summed E-state index contributed by atoms with van der Waals surface area (Å²) in [5.74, 6) is 0. The number of hydrogen-bond acceptors (Lipinski definition) is 3. The highest BCUT2D eigenvalue weighted by molar-refractivity contribution is 5.06. The van der Waals surface area contributed by atoms with E-state index < -0.39 is 0 Å². The summed E-state index contributed by atoms with van der Waals surface area (Å²) in [6, 6.07) is 2.42. The van der Waals surface area contributed by atoms with Gasteiger partial charge < -0.3 is 10.1 Å². The summed E-state index contributed by atoms with van der Waals surface area (Å²) >= 11 is 0. The molecule has 0 amide bonds. The van der Waals surface area contributed by atoms with Crippen LogP contribution < -0.4 is 5.32 Å². The smallest absolute Gasteiger partial charge is 0.0554 e. The Morgan fingerprint density at radius 2 is 2.33 bits per heavy atom. The van der Waals surface area contributed by atoms with Crippen molar-refractivity contribution in [2.45, 2.75) is 32.9 Å². The fraction of sp³-hybridized carbons (Fsp3) is 0.727. The molecule has 15 heavy (non-hydrogen) atoms. The minimum absolute atomic E-state index is 0.345. The second-order valence-corrected chi connectivity index (χ2v) is 3.46. The van der Waals surface area contributed by atoms with Gasteiger partial charge in [0.1, 0.15) is 0 Å². The van der Waals surface area contributed by atoms with E-state index in [2.05, 4.69) is 30.3 Å². The van der Waals surface area contributed by atoms with E-state index in [1.165, 1.54) is 5.69 Å². The van der Waals surface area contributed by atoms with Crippen LogP contribution in [0, 0.1) is 0 Å². The Bertz CT molecular complexity index is 273. The molecule has 0 fully saturated rings. The van der Waals surface area contributed by atoms with E-state index in [0.717, 1.165) is 26.1 Å². The average Bonchev–Trinajstić information content (AvgIpc) is 2.72. The molecule has 4 nitrogen and oxygen atoms in total. The third-order valence-electron chi connectivity index (χ3n) is 2.47. The minimum Gasteiger partial charge on any atom is -0.385 e. The number of methoxy groups -OCH3 is 1. The molecule has 0 aromatic carbocycles. The van der Waals surface area contributed by atoms with Crippen molar-refractivity contribution in [3.05, 3.63) is 18.0 Å². The molecule has 0 saturated heterocycles. The van der Waals surface area contributed by atoms with Gasteiger partial charge in [-0.15, -0.1) is 0 Å². The Labute approximate surface area is 91.6 Å². The standard InChI is InChI=1S/C11H21N3O/c1-4-12-10(7-9-15-3)11-6-8-13-14(11)5-2/h6,8,10,12H,4-5,7,9H2,1-3H3. The average molecular weight is 211 g/mol. The molecule has 86 valence electrons. The van der Waals surface area contributed by atoms with Gasteiger partial charge in [-0.25, -0.2) is 0 Å². The molecule has 0 aliphatic rings. The first-order valence-corrected chi connectivity index (χ1v) is 5.57. The summed E-state index contributed by atoms with van der Waals surface area (Å²) < 4.78 is 7.15. The zero-order chi connectivity index (χ0) is 11.1. The van der Waals surface area contributed by atoms with Crippen molar-refractivity contribution in [2.24, 2.45) is 0 Å². The van der Waals surface area contributed by atoms with Crippen molar-refractivity contribution >= 4 is 0 Å². The lowest BCUT2D eigenvalue weighted by atomic mass is 10.1. The summed E-state index contributed by atoms with van der Waals surface area (Å²) in [6.07, 6.45) is 2.84. The zero-order valence-electron chi connectivity index (χ0n) is 9.86. The molecule has 1 atom stereocenters. The first kappa shape index (κ1) is 12.2. The van der Waals surface area contributed by atoms with E-state index in [1.54, 1.807) is 7.11 Å². The summed E-state index contributed by atoms with van der Waals surface area (Å²) in [5, 5.41) is 7.74. The number of nitrogens with zero attached hydrogens (tertiary/aromatic N) is 2. The number of nitrogens with one attached hydrogen (secondary N) is 1. The van der Waals surface area contributed by atoms with Crippen molar-refractivity contribution in [3.63, 3.8) is 0 Å². The van der Waals surface area contributed by atoms with Crippen LogP contribution in [0.15, 0.2) is 12.3 Å². The number of aryl methyl sites for hydroxylation is 1. The molecule has 0 spiro atoms. The molecule has 1 aromatic rings. The number of aromatic nitrogens is 2. The van der Waals surface area contributed by atoms with Gasteiger partial charge in [-0.05, 0) is 26.0 Å². The molecule has 0 aliphatic heterocycles. The van der Waals surface area contributed by atoms with Crippen LogP contribution in [0.25, 0.3) is 0 Å². The van der Waals surface area contributed by atoms with Crippen LogP contribution in [0.5, 0.6) is 0 Å². The molecule has 1 N–H and O–H groups in total. The minimum atomic E-state index is 0.345. The predicted octanol–water partition coefficient (Wildman–Crippen LogP) is 1.59. The van der Waals surface area contributed by atoms with Crippen LogP contribution >= 0.6 is 0 Å². The molecule has 0 aliphatic carbocycles. The topological polar surface area (TPSA) is 39.1 Å². The van der Waals surface area contributed by atoms with Crippen molar-refractivity contribution in [2.75, 3.05) is 20.3 Å². The molecule has 1 rings (SSSR count). The van der Waals surface area contributed by atoms with E-state index in [4.69, 9.17) is 4.74 Å². The van der Waals surface area contributed by atoms with Gasteiger partial charge >= 0.3 is 0 Å². The van der Waals surface area contributed by atoms with Gasteiger partial charge in [0.2, 0.25) is 0 Å². The highest BCUT2D eigenvalue weighted by Gasteiger charge is 2.13. The fourth-order valence-corrected chi connectivity index (χ4v) is 1.74. The molecule has 0 saturated carbocycles. The van der Waals surface area contributed by atoms with Crippen molar-refractivity contribution in [3.8, 4) is 0 Å². The van der Waals surface area contributed by atoms with Crippen LogP contribution in [0.4, 0.5) is 0 Å². The molecular formula is C11H21N3O. The molecule has 4 heteroatoms. The summed E-state index contributed by atoms with van der Waals surface area (Å²) in [5.41, 5.74) is 1.25. The van der Waals surface area contributed by atoms with E-state index in [9.17, 15) is 0 Å². The molecule has 0 radical (unpaired) electrons. The first-order valence-electron chi connectivity index (χ1n) is 5.57. The Balaban J connectivity index is 2.69. The maximum absolute atomic E-state index is 5.12. The summed E-state index contributed by atoms with van der Waals surface area (Å²) in [7, 11) is 1.74. The molecular weight excluding hydrogens is 190 g/mol. The van der Waals surface area contributed by atoms with Gasteiger partial charge in [-0.3, -0.25) is 4.68 Å². The number of hydrogen-bond donors (Lipinski definition) is 1. The Morgan fingerprint density at radius 1 is 1.53 bits per heavy atom. The van der Waals surface area contributed by atoms with Gasteiger partial charge in [0.15, 0.2) is 0 Å². The lowest BCUT2D eigenvalue weighted by Gasteiger charge is -2.18. The van der Waals surface area contributed by atoms with Gasteiger partial charge in [-0.1, -0.05) is 6.92 Å². The molecule has 1 unspecified atom stereocenters. The second-order valence-electron chi connectivity index (χ2n) is 3.46. The molecule has 1 heterocycles. The van der Waals surface area contributed by atoms with Crippen LogP contribution in [0.1, 0.15) is 32.0 Å². The normalized spacial score (nSPS) is 13.0. The Hall–Kier alpha value is -0.870.